The summed E-state index contributed by atoms with van der Waals surface area (Å²) in [5.41, 5.74) is -3.21. The minimum Gasteiger partial charge on any atom is -0.455 e. The number of hydrogen-bond acceptors (Lipinski definition) is 7. The van der Waals surface area contributed by atoms with E-state index in [-0.39, 0.29) is 11.9 Å². The van der Waals surface area contributed by atoms with Crippen molar-refractivity contribution < 1.29 is 46.5 Å². The number of alkyl halides is 3. The first-order valence-corrected chi connectivity index (χ1v) is 7.94. The fraction of sp³-hybridized carbons (Fsp3) is 0.688. The van der Waals surface area contributed by atoms with Crippen LogP contribution in [-0.4, -0.2) is 54.1 Å². The molecule has 3 fully saturated rings. The van der Waals surface area contributed by atoms with Gasteiger partial charge in [-0.25, -0.2) is 4.79 Å². The van der Waals surface area contributed by atoms with Crippen LogP contribution in [0.25, 0.3) is 0 Å². The van der Waals surface area contributed by atoms with Crippen LogP contribution in [0.3, 0.4) is 0 Å². The zero-order chi connectivity index (χ0) is 19.4. The van der Waals surface area contributed by atoms with Crippen LogP contribution in [0.15, 0.2) is 12.2 Å². The maximum absolute atomic E-state index is 12.5. The first-order valence-electron chi connectivity index (χ1n) is 7.94. The second-order valence-electron chi connectivity index (χ2n) is 7.14. The molecule has 0 aromatic carbocycles. The molecule has 3 rings (SSSR count). The Bertz CT molecular complexity index is 669. The Labute approximate surface area is 146 Å². The summed E-state index contributed by atoms with van der Waals surface area (Å²) in [6.07, 6.45) is -7.36. The molecule has 144 valence electrons. The van der Waals surface area contributed by atoms with Gasteiger partial charge >= 0.3 is 24.1 Å². The highest BCUT2D eigenvalue weighted by Gasteiger charge is 2.65. The minimum atomic E-state index is -4.92. The van der Waals surface area contributed by atoms with Crippen molar-refractivity contribution in [2.45, 2.75) is 62.9 Å². The number of rotatable bonds is 5. The number of ether oxygens (including phenoxy) is 4. The third kappa shape index (κ3) is 3.29. The molecule has 10 heteroatoms. The molecule has 26 heavy (non-hydrogen) atoms. The largest absolute Gasteiger partial charge is 0.455 e. The number of halogens is 3. The van der Waals surface area contributed by atoms with E-state index in [2.05, 4.69) is 6.58 Å². The van der Waals surface area contributed by atoms with Gasteiger partial charge in [0.15, 0.2) is 12.2 Å². The molecule has 0 aromatic heterocycles. The predicted octanol–water partition coefficient (Wildman–Crippen LogP) is 1.44. The summed E-state index contributed by atoms with van der Waals surface area (Å²) in [5.74, 6) is -3.20. The molecule has 5 unspecified atom stereocenters. The van der Waals surface area contributed by atoms with Crippen LogP contribution in [0, 0.1) is 5.92 Å². The topological polar surface area (TPSA) is 88.1 Å². The lowest BCUT2D eigenvalue weighted by atomic mass is 9.88. The summed E-state index contributed by atoms with van der Waals surface area (Å²) in [6.45, 7) is 5.20. The molecule has 3 heterocycles. The van der Waals surface area contributed by atoms with Gasteiger partial charge in [0.05, 0.1) is 18.4 Å². The molecule has 0 saturated carbocycles. The van der Waals surface area contributed by atoms with Crippen molar-refractivity contribution in [1.82, 2.24) is 0 Å². The minimum absolute atomic E-state index is 0.342. The normalized spacial score (nSPS) is 32.3. The zero-order valence-electron chi connectivity index (χ0n) is 14.0. The highest BCUT2D eigenvalue weighted by molar-refractivity contribution is 5.89. The lowest BCUT2D eigenvalue weighted by Gasteiger charge is -2.27. The third-order valence-corrected chi connectivity index (χ3v) is 4.58. The molecule has 0 aromatic rings. The van der Waals surface area contributed by atoms with Gasteiger partial charge < -0.3 is 18.9 Å². The molecule has 0 radical (unpaired) electrons. The number of carbonyl (C=O) groups is 3. The average Bonchev–Trinajstić information content (AvgIpc) is 3.09. The molecule has 0 N–H and O–H groups in total. The van der Waals surface area contributed by atoms with E-state index in [9.17, 15) is 27.6 Å². The standard InChI is InChI=1S/C16H17F3O7/c1-6(16(17,18)19)13(21)26-15(2,3)5-9(20)24-11-8-4-7-10(23-8)12(11)25-14(7)22/h7-8,10-12H,1,4-5H2,2-3H3. The van der Waals surface area contributed by atoms with E-state index >= 15 is 0 Å². The SMILES string of the molecule is C=C(C(=O)OC(C)(C)CC(=O)OC1C2CC3C(=O)OC1C3O2)C(F)(F)F. The van der Waals surface area contributed by atoms with Crippen LogP contribution < -0.4 is 0 Å². The van der Waals surface area contributed by atoms with Crippen molar-refractivity contribution in [3.8, 4) is 0 Å². The number of hydrogen-bond donors (Lipinski definition) is 0. The molecule has 2 bridgehead atoms. The Morgan fingerprint density at radius 2 is 1.92 bits per heavy atom. The van der Waals surface area contributed by atoms with Gasteiger partial charge in [0.1, 0.15) is 17.3 Å². The summed E-state index contributed by atoms with van der Waals surface area (Å²) in [5, 5.41) is 0. The Morgan fingerprint density at radius 1 is 1.27 bits per heavy atom. The summed E-state index contributed by atoms with van der Waals surface area (Å²) in [7, 11) is 0. The highest BCUT2D eigenvalue weighted by atomic mass is 19.4. The Balaban J connectivity index is 1.55. The summed E-state index contributed by atoms with van der Waals surface area (Å²) in [6, 6.07) is 0. The molecule has 0 aliphatic carbocycles. The third-order valence-electron chi connectivity index (χ3n) is 4.58. The molecule has 0 amide bonds. The Morgan fingerprint density at radius 3 is 2.54 bits per heavy atom. The summed E-state index contributed by atoms with van der Waals surface area (Å²) >= 11 is 0. The second-order valence-corrected chi connectivity index (χ2v) is 7.14. The average molecular weight is 378 g/mol. The van der Waals surface area contributed by atoms with Gasteiger partial charge in [-0.3, -0.25) is 9.59 Å². The molecule has 3 aliphatic heterocycles. The van der Waals surface area contributed by atoms with Crippen molar-refractivity contribution in [3.63, 3.8) is 0 Å². The molecule has 3 saturated heterocycles. The molecule has 0 spiro atoms. The van der Waals surface area contributed by atoms with E-state index in [4.69, 9.17) is 18.9 Å². The van der Waals surface area contributed by atoms with E-state index in [0.29, 0.717) is 6.42 Å². The molecule has 3 aliphatic rings. The maximum atomic E-state index is 12.5. The van der Waals surface area contributed by atoms with Crippen LogP contribution >= 0.6 is 0 Å². The van der Waals surface area contributed by atoms with E-state index in [1.165, 1.54) is 13.8 Å². The van der Waals surface area contributed by atoms with Gasteiger partial charge in [0.25, 0.3) is 0 Å². The smallest absolute Gasteiger partial charge is 0.422 e. The van der Waals surface area contributed by atoms with Crippen LogP contribution in [-0.2, 0) is 33.3 Å². The highest BCUT2D eigenvalue weighted by Crippen LogP contribution is 2.47. The first kappa shape index (κ1) is 18.7. The lowest BCUT2D eigenvalue weighted by molar-refractivity contribution is -0.172. The van der Waals surface area contributed by atoms with E-state index < -0.39 is 60.1 Å². The monoisotopic (exact) mass is 378 g/mol. The fourth-order valence-corrected chi connectivity index (χ4v) is 3.39. The van der Waals surface area contributed by atoms with Crippen molar-refractivity contribution in [1.29, 1.82) is 0 Å². The van der Waals surface area contributed by atoms with Gasteiger partial charge in [-0.2, -0.15) is 13.2 Å². The Kier molecular flexibility index (Phi) is 4.29. The van der Waals surface area contributed by atoms with Crippen molar-refractivity contribution in [2.24, 2.45) is 5.92 Å². The van der Waals surface area contributed by atoms with Crippen LogP contribution in [0.4, 0.5) is 13.2 Å². The molecule has 7 nitrogen and oxygen atoms in total. The van der Waals surface area contributed by atoms with Crippen LogP contribution in [0.2, 0.25) is 0 Å². The fourth-order valence-electron chi connectivity index (χ4n) is 3.39. The molecular formula is C16H17F3O7. The van der Waals surface area contributed by atoms with Crippen molar-refractivity contribution in [2.75, 3.05) is 0 Å². The van der Waals surface area contributed by atoms with Gasteiger partial charge in [-0.05, 0) is 20.3 Å². The summed E-state index contributed by atoms with van der Waals surface area (Å²) in [4.78, 5) is 35.3. The lowest BCUT2D eigenvalue weighted by Crippen LogP contribution is -2.42. The number of fused-ring (bicyclic) bond motifs is 1. The van der Waals surface area contributed by atoms with E-state index in [0.717, 1.165) is 0 Å². The predicted molar refractivity (Wildman–Crippen MR) is 76.5 cm³/mol. The number of esters is 3. The first-order chi connectivity index (χ1) is 11.9. The Hall–Kier alpha value is -2.10. The van der Waals surface area contributed by atoms with Crippen molar-refractivity contribution >= 4 is 17.9 Å². The van der Waals surface area contributed by atoms with Gasteiger partial charge in [-0.15, -0.1) is 0 Å². The maximum Gasteiger partial charge on any atom is 0.422 e. The molecular weight excluding hydrogens is 361 g/mol. The van der Waals surface area contributed by atoms with Crippen LogP contribution in [0.5, 0.6) is 0 Å². The van der Waals surface area contributed by atoms with Gasteiger partial charge in [0, 0.05) is 0 Å². The quantitative estimate of drug-likeness (QED) is 0.406. The van der Waals surface area contributed by atoms with Crippen LogP contribution in [0.1, 0.15) is 26.7 Å². The van der Waals surface area contributed by atoms with Crippen molar-refractivity contribution in [3.05, 3.63) is 12.2 Å². The van der Waals surface area contributed by atoms with Gasteiger partial charge in [-0.1, -0.05) is 6.58 Å². The summed E-state index contributed by atoms with van der Waals surface area (Å²) < 4.78 is 58.1. The second kappa shape index (κ2) is 5.97. The van der Waals surface area contributed by atoms with E-state index in [1.54, 1.807) is 0 Å². The number of carbonyl (C=O) groups excluding carboxylic acids is 3. The zero-order valence-corrected chi connectivity index (χ0v) is 14.0. The van der Waals surface area contributed by atoms with E-state index in [1.807, 2.05) is 0 Å². The van der Waals surface area contributed by atoms with Gasteiger partial charge in [0.2, 0.25) is 0 Å². The molecule has 5 atom stereocenters.